The third-order valence-electron chi connectivity index (χ3n) is 1.64. The van der Waals surface area contributed by atoms with E-state index in [2.05, 4.69) is 9.97 Å². The molecule has 2 nitrogen and oxygen atoms in total. The van der Waals surface area contributed by atoms with Crippen molar-refractivity contribution >= 4 is 22.6 Å². The predicted octanol–water partition coefficient (Wildman–Crippen LogP) is 2.59. The van der Waals surface area contributed by atoms with E-state index >= 15 is 0 Å². The Hall–Kier alpha value is -1.15. The summed E-state index contributed by atoms with van der Waals surface area (Å²) in [7, 11) is 0. The van der Waals surface area contributed by atoms with Crippen molar-refractivity contribution in [3.05, 3.63) is 35.1 Å². The Morgan fingerprint density at radius 3 is 3.00 bits per heavy atom. The van der Waals surface area contributed by atoms with Crippen molar-refractivity contribution in [3.8, 4) is 0 Å². The van der Waals surface area contributed by atoms with Gasteiger partial charge in [-0.25, -0.2) is 9.97 Å². The lowest BCUT2D eigenvalue weighted by atomic mass is 10.2. The van der Waals surface area contributed by atoms with Crippen LogP contribution in [0.4, 0.5) is 0 Å². The summed E-state index contributed by atoms with van der Waals surface area (Å²) in [6.07, 6.45) is 1.78. The SMILES string of the molecule is Cc1cnc2nc(Cl)ccc2c1. The quantitative estimate of drug-likeness (QED) is 0.580. The maximum Gasteiger partial charge on any atom is 0.160 e. The minimum absolute atomic E-state index is 0.485. The number of fused-ring (bicyclic) bond motifs is 1. The second kappa shape index (κ2) is 2.72. The Morgan fingerprint density at radius 1 is 1.33 bits per heavy atom. The topological polar surface area (TPSA) is 25.8 Å². The summed E-state index contributed by atoms with van der Waals surface area (Å²) >= 11 is 5.71. The molecule has 0 aliphatic carbocycles. The van der Waals surface area contributed by atoms with Gasteiger partial charge in [0.15, 0.2) is 5.65 Å². The van der Waals surface area contributed by atoms with Gasteiger partial charge in [-0.15, -0.1) is 0 Å². The number of hydrogen-bond donors (Lipinski definition) is 0. The van der Waals surface area contributed by atoms with Crippen LogP contribution in [0.3, 0.4) is 0 Å². The largest absolute Gasteiger partial charge is 0.236 e. The highest BCUT2D eigenvalue weighted by Crippen LogP contribution is 2.13. The fourth-order valence-electron chi connectivity index (χ4n) is 1.10. The molecule has 0 atom stereocenters. The van der Waals surface area contributed by atoms with Crippen LogP contribution in [0.1, 0.15) is 5.56 Å². The van der Waals surface area contributed by atoms with Gasteiger partial charge in [-0.1, -0.05) is 11.6 Å². The number of hydrogen-bond acceptors (Lipinski definition) is 2. The van der Waals surface area contributed by atoms with E-state index in [1.165, 1.54) is 0 Å². The minimum Gasteiger partial charge on any atom is -0.236 e. The molecule has 0 saturated carbocycles. The van der Waals surface area contributed by atoms with E-state index in [1.54, 1.807) is 12.3 Å². The second-order valence-electron chi connectivity index (χ2n) is 2.69. The number of aromatic nitrogens is 2. The Morgan fingerprint density at radius 2 is 2.17 bits per heavy atom. The molecule has 0 fully saturated rings. The van der Waals surface area contributed by atoms with E-state index in [0.717, 1.165) is 10.9 Å². The summed E-state index contributed by atoms with van der Waals surface area (Å²) in [6.45, 7) is 2.00. The molecule has 60 valence electrons. The molecule has 2 aromatic rings. The standard InChI is InChI=1S/C9H7ClN2/c1-6-4-7-2-3-8(10)12-9(7)11-5-6/h2-5H,1H3. The van der Waals surface area contributed by atoms with E-state index in [-0.39, 0.29) is 0 Å². The first-order valence-corrected chi connectivity index (χ1v) is 4.02. The zero-order valence-corrected chi connectivity index (χ0v) is 7.34. The number of aryl methyl sites for hydroxylation is 1. The van der Waals surface area contributed by atoms with Gasteiger partial charge in [-0.2, -0.15) is 0 Å². The van der Waals surface area contributed by atoms with Crippen LogP contribution in [0, 0.1) is 6.92 Å². The Balaban J connectivity index is 2.79. The third-order valence-corrected chi connectivity index (χ3v) is 1.86. The van der Waals surface area contributed by atoms with Crippen LogP contribution in [0.25, 0.3) is 11.0 Å². The van der Waals surface area contributed by atoms with Gasteiger partial charge < -0.3 is 0 Å². The molecule has 2 rings (SSSR count). The summed E-state index contributed by atoms with van der Waals surface area (Å²) in [4.78, 5) is 8.22. The maximum atomic E-state index is 5.71. The van der Waals surface area contributed by atoms with Gasteiger partial charge in [0.2, 0.25) is 0 Å². The molecule has 2 aromatic heterocycles. The molecule has 0 saturated heterocycles. The van der Waals surface area contributed by atoms with Crippen LogP contribution in [0.15, 0.2) is 24.4 Å². The molecule has 0 unspecified atom stereocenters. The second-order valence-corrected chi connectivity index (χ2v) is 3.08. The van der Waals surface area contributed by atoms with Gasteiger partial charge >= 0.3 is 0 Å². The van der Waals surface area contributed by atoms with Gasteiger partial charge in [-0.3, -0.25) is 0 Å². The summed E-state index contributed by atoms with van der Waals surface area (Å²) < 4.78 is 0. The van der Waals surface area contributed by atoms with Crippen LogP contribution in [0.5, 0.6) is 0 Å². The minimum atomic E-state index is 0.485. The third kappa shape index (κ3) is 1.25. The molecular weight excluding hydrogens is 172 g/mol. The molecule has 0 spiro atoms. The Kier molecular flexibility index (Phi) is 1.70. The average Bonchev–Trinajstić information content (AvgIpc) is 2.05. The lowest BCUT2D eigenvalue weighted by Gasteiger charge is -1.97. The number of halogens is 1. The smallest absolute Gasteiger partial charge is 0.160 e. The lowest BCUT2D eigenvalue weighted by Crippen LogP contribution is -1.84. The Bertz CT molecular complexity index is 385. The highest BCUT2D eigenvalue weighted by atomic mass is 35.5. The zero-order valence-electron chi connectivity index (χ0n) is 6.58. The lowest BCUT2D eigenvalue weighted by molar-refractivity contribution is 1.26. The highest BCUT2D eigenvalue weighted by molar-refractivity contribution is 6.29. The summed E-state index contributed by atoms with van der Waals surface area (Å²) in [5.74, 6) is 0. The molecule has 0 amide bonds. The first-order valence-electron chi connectivity index (χ1n) is 3.64. The number of pyridine rings is 2. The van der Waals surface area contributed by atoms with E-state index < -0.39 is 0 Å². The summed E-state index contributed by atoms with van der Waals surface area (Å²) in [5.41, 5.74) is 1.83. The van der Waals surface area contributed by atoms with Crippen molar-refractivity contribution in [1.29, 1.82) is 0 Å². The van der Waals surface area contributed by atoms with Gasteiger partial charge in [0.25, 0.3) is 0 Å². The fraction of sp³-hybridized carbons (Fsp3) is 0.111. The molecule has 12 heavy (non-hydrogen) atoms. The van der Waals surface area contributed by atoms with E-state index in [0.29, 0.717) is 10.8 Å². The predicted molar refractivity (Wildman–Crippen MR) is 49.3 cm³/mol. The van der Waals surface area contributed by atoms with E-state index in [9.17, 15) is 0 Å². The normalized spacial score (nSPS) is 10.5. The van der Waals surface area contributed by atoms with Crippen molar-refractivity contribution in [2.75, 3.05) is 0 Å². The van der Waals surface area contributed by atoms with Crippen molar-refractivity contribution in [2.24, 2.45) is 0 Å². The maximum absolute atomic E-state index is 5.71. The van der Waals surface area contributed by atoms with Crippen molar-refractivity contribution < 1.29 is 0 Å². The molecule has 3 heteroatoms. The molecule has 2 heterocycles. The van der Waals surface area contributed by atoms with Crippen LogP contribution in [-0.4, -0.2) is 9.97 Å². The number of nitrogens with zero attached hydrogens (tertiary/aromatic N) is 2. The van der Waals surface area contributed by atoms with Crippen LogP contribution in [-0.2, 0) is 0 Å². The summed E-state index contributed by atoms with van der Waals surface area (Å²) in [5, 5.41) is 1.51. The molecule has 0 N–H and O–H groups in total. The van der Waals surface area contributed by atoms with Crippen molar-refractivity contribution in [2.45, 2.75) is 6.92 Å². The Labute approximate surface area is 75.2 Å². The van der Waals surface area contributed by atoms with Crippen molar-refractivity contribution in [1.82, 2.24) is 9.97 Å². The van der Waals surface area contributed by atoms with Gasteiger partial charge in [-0.05, 0) is 30.7 Å². The molecule has 0 radical (unpaired) electrons. The first kappa shape index (κ1) is 7.50. The van der Waals surface area contributed by atoms with Gasteiger partial charge in [0.05, 0.1) is 0 Å². The van der Waals surface area contributed by atoms with Crippen LogP contribution >= 0.6 is 11.6 Å². The summed E-state index contributed by atoms with van der Waals surface area (Å²) in [6, 6.07) is 5.72. The van der Waals surface area contributed by atoms with E-state index in [4.69, 9.17) is 11.6 Å². The molecular formula is C9H7ClN2. The van der Waals surface area contributed by atoms with Gasteiger partial charge in [0.1, 0.15) is 5.15 Å². The monoisotopic (exact) mass is 178 g/mol. The van der Waals surface area contributed by atoms with Crippen LogP contribution < -0.4 is 0 Å². The molecule has 0 aliphatic rings. The zero-order chi connectivity index (χ0) is 8.55. The molecule has 0 aliphatic heterocycles. The molecule has 0 bridgehead atoms. The highest BCUT2D eigenvalue weighted by Gasteiger charge is 1.96. The fourth-order valence-corrected chi connectivity index (χ4v) is 1.24. The molecule has 0 aromatic carbocycles. The first-order chi connectivity index (χ1) is 5.75. The van der Waals surface area contributed by atoms with Crippen LogP contribution in [0.2, 0.25) is 5.15 Å². The number of rotatable bonds is 0. The average molecular weight is 179 g/mol. The van der Waals surface area contributed by atoms with Gasteiger partial charge in [0, 0.05) is 11.6 Å². The van der Waals surface area contributed by atoms with Crippen molar-refractivity contribution in [3.63, 3.8) is 0 Å². The van der Waals surface area contributed by atoms with E-state index in [1.807, 2.05) is 19.1 Å².